The number of thioether (sulfide) groups is 1. The van der Waals surface area contributed by atoms with E-state index < -0.39 is 51.5 Å². The number of β-lactam (4-membered cyclic amide) rings is 1. The SMILES string of the molecule is COC(=O)[C@H]1C(C(=O)OCc2ccccc2)=CCC12C(=O)N1[C@@H](C(=O)OC(c3ccccc3)c3ccccc3)C(C)(C)S[C@@H]12. The second-order valence-corrected chi connectivity index (χ2v) is 13.5. The average molecular weight is 612 g/mol. The molecule has 1 amide bonds. The number of hydrogen-bond donors (Lipinski definition) is 0. The number of methoxy groups -OCH3 is 1. The first kappa shape index (κ1) is 29.7. The van der Waals surface area contributed by atoms with Crippen LogP contribution in [0, 0.1) is 11.3 Å². The fourth-order valence-electron chi connectivity index (χ4n) is 6.61. The van der Waals surface area contributed by atoms with E-state index in [0.29, 0.717) is 0 Å². The molecule has 1 aliphatic carbocycles. The number of amides is 1. The van der Waals surface area contributed by atoms with Gasteiger partial charge >= 0.3 is 17.9 Å². The molecule has 2 aliphatic heterocycles. The number of rotatable bonds is 8. The summed E-state index contributed by atoms with van der Waals surface area (Å²) in [6.45, 7) is 3.82. The fourth-order valence-corrected chi connectivity index (χ4v) is 8.40. The predicted octanol–water partition coefficient (Wildman–Crippen LogP) is 5.23. The van der Waals surface area contributed by atoms with E-state index in [2.05, 4.69) is 0 Å². The standard InChI is InChI=1S/C35H33NO7S/c1-34(2)28(31(39)43-27(23-15-9-5-10-16-23)24-17-11-6-12-18-24)36-32(40)35(33(36)44-34)20-19-25(26(35)30(38)41-3)29(37)42-21-22-13-7-4-8-14-22/h4-19,26-28,33H,20-21H2,1-3H3/t26-,28+,33-,35?/m1/s1. The molecule has 44 heavy (non-hydrogen) atoms. The quantitative estimate of drug-likeness (QED) is 0.194. The monoisotopic (exact) mass is 611 g/mol. The summed E-state index contributed by atoms with van der Waals surface area (Å²) in [5.74, 6) is -3.41. The van der Waals surface area contributed by atoms with Crippen molar-refractivity contribution in [2.24, 2.45) is 11.3 Å². The summed E-state index contributed by atoms with van der Waals surface area (Å²) >= 11 is 1.44. The minimum absolute atomic E-state index is 0.0289. The van der Waals surface area contributed by atoms with Gasteiger partial charge < -0.3 is 19.1 Å². The van der Waals surface area contributed by atoms with Gasteiger partial charge in [-0.1, -0.05) is 97.1 Å². The van der Waals surface area contributed by atoms with E-state index in [0.717, 1.165) is 16.7 Å². The first-order valence-electron chi connectivity index (χ1n) is 14.5. The lowest BCUT2D eigenvalue weighted by Crippen LogP contribution is -2.71. The van der Waals surface area contributed by atoms with Crippen molar-refractivity contribution in [3.8, 4) is 0 Å². The van der Waals surface area contributed by atoms with Gasteiger partial charge in [0.2, 0.25) is 5.91 Å². The van der Waals surface area contributed by atoms with Crippen molar-refractivity contribution in [1.82, 2.24) is 4.90 Å². The predicted molar refractivity (Wildman–Crippen MR) is 164 cm³/mol. The Labute approximate surface area is 260 Å². The van der Waals surface area contributed by atoms with Gasteiger partial charge in [-0.3, -0.25) is 9.59 Å². The summed E-state index contributed by atoms with van der Waals surface area (Å²) in [6, 6.07) is 27.2. The van der Waals surface area contributed by atoms with Crippen LogP contribution >= 0.6 is 11.8 Å². The lowest BCUT2D eigenvalue weighted by Gasteiger charge is -2.54. The first-order valence-corrected chi connectivity index (χ1v) is 15.4. The van der Waals surface area contributed by atoms with Gasteiger partial charge in [0.1, 0.15) is 24.0 Å². The van der Waals surface area contributed by atoms with E-state index in [1.165, 1.54) is 23.8 Å². The highest BCUT2D eigenvalue weighted by atomic mass is 32.2. The topological polar surface area (TPSA) is 99.2 Å². The molecule has 8 nitrogen and oxygen atoms in total. The molecule has 4 atom stereocenters. The molecule has 3 aliphatic rings. The number of esters is 3. The maximum Gasteiger partial charge on any atom is 0.334 e. The van der Waals surface area contributed by atoms with Gasteiger partial charge in [0.05, 0.1) is 12.5 Å². The average Bonchev–Trinajstić information content (AvgIpc) is 3.59. The summed E-state index contributed by atoms with van der Waals surface area (Å²) in [4.78, 5) is 56.2. The lowest BCUT2D eigenvalue weighted by atomic mass is 9.67. The second kappa shape index (κ2) is 11.6. The molecule has 226 valence electrons. The summed E-state index contributed by atoms with van der Waals surface area (Å²) in [5.41, 5.74) is 1.27. The van der Waals surface area contributed by atoms with Gasteiger partial charge in [-0.05, 0) is 37.0 Å². The Morgan fingerprint density at radius 1 is 0.886 bits per heavy atom. The molecule has 0 aromatic heterocycles. The Hall–Kier alpha value is -4.37. The molecule has 2 fully saturated rings. The van der Waals surface area contributed by atoms with Crippen LogP contribution in [-0.2, 0) is 40.0 Å². The van der Waals surface area contributed by atoms with Gasteiger partial charge in [0.25, 0.3) is 0 Å². The van der Waals surface area contributed by atoms with E-state index in [9.17, 15) is 19.2 Å². The molecular formula is C35H33NO7S. The highest BCUT2D eigenvalue weighted by Gasteiger charge is 2.76. The van der Waals surface area contributed by atoms with Crippen LogP contribution in [0.3, 0.4) is 0 Å². The number of nitrogens with zero attached hydrogens (tertiary/aromatic N) is 1. The molecule has 9 heteroatoms. The van der Waals surface area contributed by atoms with Gasteiger partial charge in [0, 0.05) is 10.3 Å². The molecular weight excluding hydrogens is 578 g/mol. The van der Waals surface area contributed by atoms with Crippen molar-refractivity contribution in [2.75, 3.05) is 7.11 Å². The molecule has 3 aromatic carbocycles. The lowest BCUT2D eigenvalue weighted by molar-refractivity contribution is -0.185. The smallest absolute Gasteiger partial charge is 0.334 e. The Balaban J connectivity index is 1.26. The third-order valence-corrected chi connectivity index (χ3v) is 10.4. The zero-order chi connectivity index (χ0) is 31.1. The second-order valence-electron chi connectivity index (χ2n) is 11.7. The maximum absolute atomic E-state index is 14.2. The minimum atomic E-state index is -1.26. The van der Waals surface area contributed by atoms with E-state index >= 15 is 0 Å². The highest BCUT2D eigenvalue weighted by Crippen LogP contribution is 2.66. The van der Waals surface area contributed by atoms with Crippen molar-refractivity contribution in [3.63, 3.8) is 0 Å². The number of hydrogen-bond acceptors (Lipinski definition) is 8. The zero-order valence-electron chi connectivity index (χ0n) is 24.7. The van der Waals surface area contributed by atoms with Crippen LogP contribution in [0.1, 0.15) is 43.1 Å². The molecule has 0 N–H and O–H groups in total. The number of ether oxygens (including phenoxy) is 3. The molecule has 1 spiro atoms. The van der Waals surface area contributed by atoms with E-state index in [1.807, 2.05) is 105 Å². The third kappa shape index (κ3) is 4.89. The summed E-state index contributed by atoms with van der Waals surface area (Å²) in [6.07, 6.45) is 1.10. The zero-order valence-corrected chi connectivity index (χ0v) is 25.5. The van der Waals surface area contributed by atoms with Crippen LogP contribution in [-0.4, -0.2) is 52.0 Å². The Morgan fingerprint density at radius 2 is 1.45 bits per heavy atom. The summed E-state index contributed by atoms with van der Waals surface area (Å²) in [7, 11) is 1.24. The van der Waals surface area contributed by atoms with Crippen molar-refractivity contribution >= 4 is 35.6 Å². The van der Waals surface area contributed by atoms with Crippen molar-refractivity contribution in [1.29, 1.82) is 0 Å². The number of carbonyl (C=O) groups is 4. The Morgan fingerprint density at radius 3 is 2.02 bits per heavy atom. The van der Waals surface area contributed by atoms with Crippen molar-refractivity contribution in [3.05, 3.63) is 119 Å². The molecule has 2 saturated heterocycles. The number of benzene rings is 3. The molecule has 6 rings (SSSR count). The Bertz CT molecular complexity index is 1570. The normalized spacial score (nSPS) is 24.8. The van der Waals surface area contributed by atoms with Gasteiger partial charge in [-0.15, -0.1) is 11.8 Å². The first-order chi connectivity index (χ1) is 21.2. The van der Waals surface area contributed by atoms with Crippen LogP contribution < -0.4 is 0 Å². The molecule has 0 saturated carbocycles. The summed E-state index contributed by atoms with van der Waals surface area (Å²) in [5, 5.41) is -0.547. The van der Waals surface area contributed by atoms with Crippen LogP contribution in [0.2, 0.25) is 0 Å². The molecule has 1 unspecified atom stereocenters. The van der Waals surface area contributed by atoms with Crippen LogP contribution in [0.25, 0.3) is 0 Å². The van der Waals surface area contributed by atoms with Crippen LogP contribution in [0.4, 0.5) is 0 Å². The van der Waals surface area contributed by atoms with Gasteiger partial charge in [-0.25, -0.2) is 9.59 Å². The minimum Gasteiger partial charge on any atom is -0.469 e. The van der Waals surface area contributed by atoms with Crippen LogP contribution in [0.15, 0.2) is 103 Å². The number of fused-ring (bicyclic) bond motifs is 2. The molecule has 0 radical (unpaired) electrons. The van der Waals surface area contributed by atoms with E-state index in [4.69, 9.17) is 14.2 Å². The fraction of sp³-hybridized carbons (Fsp3) is 0.314. The van der Waals surface area contributed by atoms with Gasteiger partial charge in [0.15, 0.2) is 6.10 Å². The van der Waals surface area contributed by atoms with E-state index in [1.54, 1.807) is 6.08 Å². The van der Waals surface area contributed by atoms with Crippen molar-refractivity contribution < 1.29 is 33.4 Å². The van der Waals surface area contributed by atoms with Crippen molar-refractivity contribution in [2.45, 2.75) is 49.1 Å². The Kier molecular flexibility index (Phi) is 7.84. The van der Waals surface area contributed by atoms with Gasteiger partial charge in [-0.2, -0.15) is 0 Å². The number of allylic oxidation sites excluding steroid dienone is 1. The third-order valence-electron chi connectivity index (χ3n) is 8.71. The largest absolute Gasteiger partial charge is 0.469 e. The highest BCUT2D eigenvalue weighted by molar-refractivity contribution is 8.01. The van der Waals surface area contributed by atoms with Crippen LogP contribution in [0.5, 0.6) is 0 Å². The molecule has 3 aromatic rings. The summed E-state index contributed by atoms with van der Waals surface area (Å²) < 4.78 is 16.1. The molecule has 0 bridgehead atoms. The number of carbonyl (C=O) groups excluding carboxylic acids is 4. The molecule has 2 heterocycles. The maximum atomic E-state index is 14.2. The van der Waals surface area contributed by atoms with E-state index in [-0.39, 0.29) is 24.5 Å².